The summed E-state index contributed by atoms with van der Waals surface area (Å²) in [4.78, 5) is 0. The van der Waals surface area contributed by atoms with Crippen LogP contribution < -0.4 is 0 Å². The number of phosphoric acid groups is 1. The molecule has 0 heterocycles. The van der Waals surface area contributed by atoms with Gasteiger partial charge in [-0.25, -0.2) is 4.57 Å². The van der Waals surface area contributed by atoms with Crippen molar-refractivity contribution in [2.75, 3.05) is 13.2 Å². The summed E-state index contributed by atoms with van der Waals surface area (Å²) in [6.07, 6.45) is 18.7. The van der Waals surface area contributed by atoms with E-state index < -0.39 is 13.4 Å². The van der Waals surface area contributed by atoms with Crippen molar-refractivity contribution in [2.24, 2.45) is 0 Å². The summed E-state index contributed by atoms with van der Waals surface area (Å²) >= 11 is 0. The van der Waals surface area contributed by atoms with Crippen LogP contribution in [0.15, 0.2) is 0 Å². The van der Waals surface area contributed by atoms with E-state index in [0.717, 1.165) is 57.8 Å². The normalized spacial score (nSPS) is 12.6. The molecule has 0 aromatic carbocycles. The van der Waals surface area contributed by atoms with Crippen LogP contribution in [0, 0.1) is 0 Å². The molecule has 0 spiro atoms. The molecule has 0 unspecified atom stereocenters. The zero-order valence-corrected chi connectivity index (χ0v) is 21.9. The quantitative estimate of drug-likeness (QED) is 0.115. The van der Waals surface area contributed by atoms with Crippen molar-refractivity contribution >= 4 is 7.82 Å². The fourth-order valence-corrected chi connectivity index (χ4v) is 5.66. The Morgan fingerprint density at radius 1 is 0.567 bits per heavy atom. The summed E-state index contributed by atoms with van der Waals surface area (Å²) in [6, 6.07) is 0. The number of hydrogen-bond donors (Lipinski definition) is 0. The molecule has 0 aliphatic heterocycles. The Balaban J connectivity index is 4.73. The largest absolute Gasteiger partial charge is 0.475 e. The first kappa shape index (κ1) is 30.1. The molecule has 5 heteroatoms. The molecule has 0 atom stereocenters. The minimum absolute atomic E-state index is 0.402. The third-order valence-corrected chi connectivity index (χ3v) is 7.46. The molecule has 0 aliphatic rings. The second-order valence-corrected chi connectivity index (χ2v) is 10.4. The molecule has 0 radical (unpaired) electrons. The summed E-state index contributed by atoms with van der Waals surface area (Å²) in [7, 11) is -3.54. The first-order chi connectivity index (χ1) is 14.5. The summed E-state index contributed by atoms with van der Waals surface area (Å²) in [6.45, 7) is 11.8. The van der Waals surface area contributed by atoms with Gasteiger partial charge in [0.2, 0.25) is 0 Å². The van der Waals surface area contributed by atoms with Crippen LogP contribution in [-0.4, -0.2) is 18.8 Å². The molecule has 0 aliphatic carbocycles. The van der Waals surface area contributed by atoms with Crippen molar-refractivity contribution in [1.82, 2.24) is 0 Å². The number of unbranched alkanes of at least 4 members (excludes halogenated alkanes) is 10. The Hall–Kier alpha value is 0.110. The smallest absolute Gasteiger partial charge is 0.287 e. The first-order valence-corrected chi connectivity index (χ1v) is 14.6. The van der Waals surface area contributed by atoms with Gasteiger partial charge in [-0.1, -0.05) is 112 Å². The van der Waals surface area contributed by atoms with E-state index in [1.165, 1.54) is 51.4 Å². The summed E-state index contributed by atoms with van der Waals surface area (Å²) in [5, 5.41) is 0. The fraction of sp³-hybridized carbons (Fsp3) is 1.00. The van der Waals surface area contributed by atoms with Gasteiger partial charge in [-0.3, -0.25) is 13.6 Å². The van der Waals surface area contributed by atoms with Crippen LogP contribution in [0.1, 0.15) is 144 Å². The van der Waals surface area contributed by atoms with E-state index in [-0.39, 0.29) is 0 Å². The van der Waals surface area contributed by atoms with Crippen LogP contribution in [0.3, 0.4) is 0 Å². The highest BCUT2D eigenvalue weighted by Gasteiger charge is 2.39. The van der Waals surface area contributed by atoms with Crippen LogP contribution in [-0.2, 0) is 18.1 Å². The predicted molar refractivity (Wildman–Crippen MR) is 130 cm³/mol. The number of rotatable bonds is 23. The van der Waals surface area contributed by atoms with E-state index in [9.17, 15) is 4.57 Å². The third-order valence-electron chi connectivity index (χ3n) is 5.86. The second-order valence-electron chi connectivity index (χ2n) is 8.78. The standard InChI is InChI=1S/C25H53O4P/c1-6-11-13-15-17-19-23-27-30(26,28-24-20-18-16-14-12-7-2)29-25(10-5,21-8-3)22-9-4/h6-24H2,1-5H3. The molecule has 0 aromatic rings. The van der Waals surface area contributed by atoms with Gasteiger partial charge in [0.05, 0.1) is 18.8 Å². The minimum atomic E-state index is -3.54. The monoisotopic (exact) mass is 448 g/mol. The fourth-order valence-electron chi connectivity index (χ4n) is 3.99. The van der Waals surface area contributed by atoms with E-state index in [2.05, 4.69) is 34.6 Å². The summed E-state index contributed by atoms with van der Waals surface area (Å²) in [5.41, 5.74) is -0.402. The van der Waals surface area contributed by atoms with E-state index in [0.29, 0.717) is 13.2 Å². The summed E-state index contributed by atoms with van der Waals surface area (Å²) < 4.78 is 31.5. The zero-order chi connectivity index (χ0) is 22.6. The van der Waals surface area contributed by atoms with Gasteiger partial charge in [-0.15, -0.1) is 0 Å². The lowest BCUT2D eigenvalue weighted by Gasteiger charge is -2.35. The Morgan fingerprint density at radius 3 is 1.33 bits per heavy atom. The van der Waals surface area contributed by atoms with Gasteiger partial charge < -0.3 is 0 Å². The molecule has 30 heavy (non-hydrogen) atoms. The van der Waals surface area contributed by atoms with Crippen molar-refractivity contribution in [3.05, 3.63) is 0 Å². The average Bonchev–Trinajstić information content (AvgIpc) is 2.73. The van der Waals surface area contributed by atoms with Crippen molar-refractivity contribution < 1.29 is 18.1 Å². The van der Waals surface area contributed by atoms with E-state index in [1.807, 2.05) is 0 Å². The average molecular weight is 449 g/mol. The SMILES string of the molecule is CCCCCCCCOP(=O)(OCCCCCCCC)OC(CC)(CCC)CCC. The molecule has 0 saturated carbocycles. The van der Waals surface area contributed by atoms with Crippen LogP contribution in [0.2, 0.25) is 0 Å². The highest BCUT2D eigenvalue weighted by molar-refractivity contribution is 7.48. The van der Waals surface area contributed by atoms with Gasteiger partial charge in [0, 0.05) is 0 Å². The van der Waals surface area contributed by atoms with Gasteiger partial charge in [0.15, 0.2) is 0 Å². The molecule has 0 rings (SSSR count). The zero-order valence-electron chi connectivity index (χ0n) is 21.0. The molecular weight excluding hydrogens is 395 g/mol. The van der Waals surface area contributed by atoms with E-state index in [1.54, 1.807) is 0 Å². The second kappa shape index (κ2) is 19.8. The van der Waals surface area contributed by atoms with Crippen molar-refractivity contribution in [3.63, 3.8) is 0 Å². The summed E-state index contributed by atoms with van der Waals surface area (Å²) in [5.74, 6) is 0. The molecule has 0 saturated heterocycles. The van der Waals surface area contributed by atoms with Crippen LogP contribution in [0.4, 0.5) is 0 Å². The molecule has 0 fully saturated rings. The maximum atomic E-state index is 13.5. The predicted octanol–water partition coefficient (Wildman–Crippen LogP) is 9.61. The number of hydrogen-bond acceptors (Lipinski definition) is 4. The van der Waals surface area contributed by atoms with Gasteiger partial charge in [-0.05, 0) is 32.1 Å². The molecule has 4 nitrogen and oxygen atoms in total. The Kier molecular flexibility index (Phi) is 19.8. The maximum absolute atomic E-state index is 13.5. The van der Waals surface area contributed by atoms with Crippen molar-refractivity contribution in [1.29, 1.82) is 0 Å². The van der Waals surface area contributed by atoms with Crippen LogP contribution in [0.5, 0.6) is 0 Å². The maximum Gasteiger partial charge on any atom is 0.475 e. The van der Waals surface area contributed by atoms with Gasteiger partial charge in [0.1, 0.15) is 0 Å². The molecule has 182 valence electrons. The Bertz CT molecular complexity index is 386. The lowest BCUT2D eigenvalue weighted by atomic mass is 9.90. The lowest BCUT2D eigenvalue weighted by Crippen LogP contribution is -2.31. The highest BCUT2D eigenvalue weighted by Crippen LogP contribution is 2.55. The van der Waals surface area contributed by atoms with E-state index in [4.69, 9.17) is 13.6 Å². The van der Waals surface area contributed by atoms with Crippen LogP contribution >= 0.6 is 7.82 Å². The highest BCUT2D eigenvalue weighted by atomic mass is 31.2. The molecule has 0 aromatic heterocycles. The minimum Gasteiger partial charge on any atom is -0.287 e. The first-order valence-electron chi connectivity index (χ1n) is 13.1. The molecule has 0 amide bonds. The van der Waals surface area contributed by atoms with Gasteiger partial charge in [-0.2, -0.15) is 0 Å². The third kappa shape index (κ3) is 15.0. The van der Waals surface area contributed by atoms with E-state index >= 15 is 0 Å². The molecular formula is C25H53O4P. The molecule has 0 N–H and O–H groups in total. The Morgan fingerprint density at radius 2 is 0.967 bits per heavy atom. The van der Waals surface area contributed by atoms with Gasteiger partial charge in [0.25, 0.3) is 0 Å². The Labute approximate surface area is 188 Å². The van der Waals surface area contributed by atoms with Gasteiger partial charge >= 0.3 is 7.82 Å². The molecule has 0 bridgehead atoms. The topological polar surface area (TPSA) is 44.8 Å². The lowest BCUT2D eigenvalue weighted by molar-refractivity contribution is -0.00758. The van der Waals surface area contributed by atoms with Crippen LogP contribution in [0.25, 0.3) is 0 Å². The van der Waals surface area contributed by atoms with Crippen molar-refractivity contribution in [2.45, 2.75) is 149 Å². The van der Waals surface area contributed by atoms with Crippen molar-refractivity contribution in [3.8, 4) is 0 Å². The number of phosphoric ester groups is 1.